The molecule has 0 radical (unpaired) electrons. The maximum Gasteiger partial charge on any atom is 0.138 e. The largest absolute Gasteiger partial charge is 0.346 e. The summed E-state index contributed by atoms with van der Waals surface area (Å²) in [5.74, 6) is 6.22. The van der Waals surface area contributed by atoms with Gasteiger partial charge in [0.2, 0.25) is 0 Å². The van der Waals surface area contributed by atoms with Gasteiger partial charge in [-0.05, 0) is 11.6 Å². The molecule has 2 aromatic heterocycles. The van der Waals surface area contributed by atoms with Crippen LogP contribution in [-0.4, -0.2) is 9.97 Å². The number of H-pyrrole nitrogens is 1. The summed E-state index contributed by atoms with van der Waals surface area (Å²) >= 11 is 6.30. The van der Waals surface area contributed by atoms with E-state index < -0.39 is 0 Å². The van der Waals surface area contributed by atoms with E-state index in [0.29, 0.717) is 11.4 Å². The number of aromatic nitrogens is 2. The molecular weight excluding hydrogens is 256 g/mol. The first-order valence-electron chi connectivity index (χ1n) is 5.99. The summed E-state index contributed by atoms with van der Waals surface area (Å²) < 4.78 is 0. The summed E-state index contributed by atoms with van der Waals surface area (Å²) in [4.78, 5) is 7.31. The minimum atomic E-state index is 0.659. The molecule has 0 bridgehead atoms. The lowest BCUT2D eigenvalue weighted by Gasteiger charge is -1.97. The molecule has 0 spiro atoms. The Morgan fingerprint density at radius 2 is 2.00 bits per heavy atom. The lowest BCUT2D eigenvalue weighted by molar-refractivity contribution is 1.30. The van der Waals surface area contributed by atoms with Crippen LogP contribution in [0.1, 0.15) is 11.1 Å². The molecule has 0 aliphatic heterocycles. The summed E-state index contributed by atoms with van der Waals surface area (Å²) in [5.41, 5.74) is 2.75. The van der Waals surface area contributed by atoms with Gasteiger partial charge >= 0.3 is 0 Å². The van der Waals surface area contributed by atoms with E-state index in [1.54, 1.807) is 6.20 Å². The zero-order valence-electron chi connectivity index (χ0n) is 10.2. The first kappa shape index (κ1) is 11.8. The Kier molecular flexibility index (Phi) is 3.22. The monoisotopic (exact) mass is 266 g/mol. The van der Waals surface area contributed by atoms with E-state index in [2.05, 4.69) is 33.9 Å². The number of halogens is 1. The van der Waals surface area contributed by atoms with Gasteiger partial charge in [-0.2, -0.15) is 0 Å². The number of hydrogen-bond acceptors (Lipinski definition) is 1. The zero-order chi connectivity index (χ0) is 13.1. The van der Waals surface area contributed by atoms with Gasteiger partial charge in [-0.1, -0.05) is 53.8 Å². The van der Waals surface area contributed by atoms with E-state index in [1.807, 2.05) is 30.5 Å². The van der Waals surface area contributed by atoms with Crippen LogP contribution in [0.15, 0.2) is 48.8 Å². The number of aromatic amines is 1. The molecule has 3 heteroatoms. The van der Waals surface area contributed by atoms with Crippen LogP contribution in [0.5, 0.6) is 0 Å². The molecule has 3 aromatic rings. The molecule has 2 heterocycles. The standard InChI is InChI=1S/C16H11ClN2/c17-15-13(11-19-16-14(15)9-10-18-16)8-4-7-12-5-2-1-3-6-12/h1-3,5-6,9-11H,7H2,(H,18,19). The maximum atomic E-state index is 6.30. The molecule has 1 N–H and O–H groups in total. The van der Waals surface area contributed by atoms with Gasteiger partial charge in [0, 0.05) is 24.2 Å². The van der Waals surface area contributed by atoms with E-state index in [0.717, 1.165) is 16.6 Å². The molecule has 3 rings (SSSR count). The summed E-state index contributed by atoms with van der Waals surface area (Å²) in [6, 6.07) is 12.0. The minimum Gasteiger partial charge on any atom is -0.346 e. The first-order chi connectivity index (χ1) is 9.34. The number of fused-ring (bicyclic) bond motifs is 1. The average molecular weight is 267 g/mol. The van der Waals surface area contributed by atoms with Gasteiger partial charge in [-0.25, -0.2) is 4.98 Å². The number of nitrogens with zero attached hydrogens (tertiary/aromatic N) is 1. The Labute approximate surface area is 116 Å². The molecule has 92 valence electrons. The van der Waals surface area contributed by atoms with Crippen LogP contribution in [0.25, 0.3) is 11.0 Å². The lowest BCUT2D eigenvalue weighted by Crippen LogP contribution is -1.84. The number of benzene rings is 1. The van der Waals surface area contributed by atoms with Gasteiger partial charge in [-0.3, -0.25) is 0 Å². The minimum absolute atomic E-state index is 0.659. The summed E-state index contributed by atoms with van der Waals surface area (Å²) in [6.45, 7) is 0. The van der Waals surface area contributed by atoms with Crippen molar-refractivity contribution < 1.29 is 0 Å². The quantitative estimate of drug-likeness (QED) is 0.667. The van der Waals surface area contributed by atoms with Crippen LogP contribution in [0, 0.1) is 11.8 Å². The van der Waals surface area contributed by atoms with Gasteiger partial charge in [-0.15, -0.1) is 0 Å². The highest BCUT2D eigenvalue weighted by Crippen LogP contribution is 2.24. The van der Waals surface area contributed by atoms with Gasteiger partial charge < -0.3 is 4.98 Å². The number of nitrogens with one attached hydrogen (secondary N) is 1. The molecule has 0 aliphatic carbocycles. The predicted molar refractivity (Wildman–Crippen MR) is 78.1 cm³/mol. The predicted octanol–water partition coefficient (Wildman–Crippen LogP) is 3.81. The second-order valence-electron chi connectivity index (χ2n) is 4.19. The van der Waals surface area contributed by atoms with Crippen molar-refractivity contribution in [2.24, 2.45) is 0 Å². The maximum absolute atomic E-state index is 6.30. The highest BCUT2D eigenvalue weighted by atomic mass is 35.5. The smallest absolute Gasteiger partial charge is 0.138 e. The van der Waals surface area contributed by atoms with Crippen LogP contribution in [0.3, 0.4) is 0 Å². The third kappa shape index (κ3) is 2.47. The second kappa shape index (κ2) is 5.17. The molecular formula is C16H11ClN2. The topological polar surface area (TPSA) is 28.7 Å². The number of pyridine rings is 1. The van der Waals surface area contributed by atoms with Crippen LogP contribution < -0.4 is 0 Å². The fourth-order valence-corrected chi connectivity index (χ4v) is 2.15. The van der Waals surface area contributed by atoms with Crippen molar-refractivity contribution in [3.05, 3.63) is 64.9 Å². The normalized spacial score (nSPS) is 10.2. The van der Waals surface area contributed by atoms with Gasteiger partial charge in [0.25, 0.3) is 0 Å². The van der Waals surface area contributed by atoms with Crippen molar-refractivity contribution >= 4 is 22.6 Å². The highest BCUT2D eigenvalue weighted by Gasteiger charge is 2.04. The second-order valence-corrected chi connectivity index (χ2v) is 4.57. The van der Waals surface area contributed by atoms with Crippen molar-refractivity contribution in [2.45, 2.75) is 6.42 Å². The van der Waals surface area contributed by atoms with Crippen molar-refractivity contribution in [3.63, 3.8) is 0 Å². The van der Waals surface area contributed by atoms with E-state index in [4.69, 9.17) is 11.6 Å². The van der Waals surface area contributed by atoms with Gasteiger partial charge in [0.15, 0.2) is 0 Å². The molecule has 0 saturated carbocycles. The van der Waals surface area contributed by atoms with Crippen molar-refractivity contribution in [3.8, 4) is 11.8 Å². The third-order valence-electron chi connectivity index (χ3n) is 2.88. The molecule has 19 heavy (non-hydrogen) atoms. The molecule has 2 nitrogen and oxygen atoms in total. The number of rotatable bonds is 1. The fourth-order valence-electron chi connectivity index (χ4n) is 1.90. The molecule has 0 fully saturated rings. The summed E-state index contributed by atoms with van der Waals surface area (Å²) in [6.07, 6.45) is 4.24. The lowest BCUT2D eigenvalue weighted by atomic mass is 10.1. The van der Waals surface area contributed by atoms with Gasteiger partial charge in [0.05, 0.1) is 10.6 Å². The van der Waals surface area contributed by atoms with Gasteiger partial charge in [0.1, 0.15) is 5.65 Å². The SMILES string of the molecule is Clc1c(C#CCc2ccccc2)cnc2[nH]ccc12. The van der Waals surface area contributed by atoms with Crippen molar-refractivity contribution in [1.82, 2.24) is 9.97 Å². The van der Waals surface area contributed by atoms with Crippen LogP contribution in [0.2, 0.25) is 5.02 Å². The molecule has 0 atom stereocenters. The van der Waals surface area contributed by atoms with E-state index in [-0.39, 0.29) is 0 Å². The molecule has 0 amide bonds. The van der Waals surface area contributed by atoms with Crippen LogP contribution in [0.4, 0.5) is 0 Å². The number of hydrogen-bond donors (Lipinski definition) is 1. The fraction of sp³-hybridized carbons (Fsp3) is 0.0625. The van der Waals surface area contributed by atoms with E-state index >= 15 is 0 Å². The Morgan fingerprint density at radius 3 is 2.84 bits per heavy atom. The van der Waals surface area contributed by atoms with Crippen molar-refractivity contribution in [1.29, 1.82) is 0 Å². The molecule has 1 aromatic carbocycles. The Morgan fingerprint density at radius 1 is 1.16 bits per heavy atom. The van der Waals surface area contributed by atoms with E-state index in [9.17, 15) is 0 Å². The Bertz CT molecular complexity index is 764. The summed E-state index contributed by atoms with van der Waals surface area (Å²) in [5, 5.41) is 1.57. The first-order valence-corrected chi connectivity index (χ1v) is 6.37. The summed E-state index contributed by atoms with van der Waals surface area (Å²) in [7, 11) is 0. The van der Waals surface area contributed by atoms with Crippen molar-refractivity contribution in [2.75, 3.05) is 0 Å². The highest BCUT2D eigenvalue weighted by molar-refractivity contribution is 6.36. The molecule has 0 saturated heterocycles. The molecule has 0 unspecified atom stereocenters. The van der Waals surface area contributed by atoms with Crippen LogP contribution >= 0.6 is 11.6 Å². The van der Waals surface area contributed by atoms with Crippen LogP contribution in [-0.2, 0) is 6.42 Å². The molecule has 0 aliphatic rings. The zero-order valence-corrected chi connectivity index (χ0v) is 10.9. The third-order valence-corrected chi connectivity index (χ3v) is 3.29. The Hall–Kier alpha value is -2.24. The average Bonchev–Trinajstić information content (AvgIpc) is 2.92. The van der Waals surface area contributed by atoms with E-state index in [1.165, 1.54) is 5.56 Å². The Balaban J connectivity index is 1.88.